The fraction of sp³-hybridized carbons (Fsp3) is 0.455. The lowest BCUT2D eigenvalue weighted by Crippen LogP contribution is -2.14. The highest BCUT2D eigenvalue weighted by Gasteiger charge is 2.08. The van der Waals surface area contributed by atoms with Crippen LogP contribution in [0.25, 0.3) is 0 Å². The Hall–Kier alpha value is -1.13. The van der Waals surface area contributed by atoms with Gasteiger partial charge in [-0.25, -0.2) is 9.78 Å². The fourth-order valence-corrected chi connectivity index (χ4v) is 1.18. The minimum Gasteiger partial charge on any atom is -0.459 e. The number of halogens is 1. The number of esters is 1. The van der Waals surface area contributed by atoms with E-state index in [4.69, 9.17) is 21.1 Å². The number of hydrogen-bond donors (Lipinski definition) is 0. The lowest BCUT2D eigenvalue weighted by atomic mass is 10.3. The molecule has 1 heterocycles. The van der Waals surface area contributed by atoms with Gasteiger partial charge < -0.3 is 9.47 Å². The van der Waals surface area contributed by atoms with E-state index in [0.717, 1.165) is 0 Å². The van der Waals surface area contributed by atoms with Crippen LogP contribution in [0.1, 0.15) is 24.3 Å². The molecule has 1 aromatic heterocycles. The second kappa shape index (κ2) is 6.45. The lowest BCUT2D eigenvalue weighted by molar-refractivity contribution is 0.0172. The number of aromatic nitrogens is 1. The highest BCUT2D eigenvalue weighted by molar-refractivity contribution is 6.29. The van der Waals surface area contributed by atoms with E-state index >= 15 is 0 Å². The van der Waals surface area contributed by atoms with Crippen LogP contribution in [-0.2, 0) is 9.47 Å². The Bertz CT molecular complexity index is 355. The molecule has 0 amide bonds. The van der Waals surface area contributed by atoms with Crippen LogP contribution in [-0.4, -0.2) is 30.3 Å². The quantitative estimate of drug-likeness (QED) is 0.452. The molecular formula is C11H14ClNO3. The highest BCUT2D eigenvalue weighted by Crippen LogP contribution is 2.06. The second-order valence-corrected chi connectivity index (χ2v) is 3.79. The minimum atomic E-state index is -0.491. The van der Waals surface area contributed by atoms with E-state index in [2.05, 4.69) is 4.98 Å². The highest BCUT2D eigenvalue weighted by atomic mass is 35.5. The molecule has 4 nitrogen and oxygen atoms in total. The van der Waals surface area contributed by atoms with E-state index in [1.165, 1.54) is 0 Å². The van der Waals surface area contributed by atoms with Gasteiger partial charge in [-0.3, -0.25) is 0 Å². The number of carbonyl (C=O) groups excluding carboxylic acids is 1. The Kier molecular flexibility index (Phi) is 5.22. The van der Waals surface area contributed by atoms with E-state index in [9.17, 15) is 4.79 Å². The number of carbonyl (C=O) groups is 1. The van der Waals surface area contributed by atoms with Gasteiger partial charge >= 0.3 is 5.97 Å². The summed E-state index contributed by atoms with van der Waals surface area (Å²) in [4.78, 5) is 15.3. The van der Waals surface area contributed by atoms with E-state index < -0.39 is 5.97 Å². The van der Waals surface area contributed by atoms with E-state index in [1.54, 1.807) is 18.2 Å². The van der Waals surface area contributed by atoms with Gasteiger partial charge in [0.2, 0.25) is 0 Å². The summed E-state index contributed by atoms with van der Waals surface area (Å²) in [6.07, 6.45) is 0.128. The largest absolute Gasteiger partial charge is 0.459 e. The molecule has 0 N–H and O–H groups in total. The summed E-state index contributed by atoms with van der Waals surface area (Å²) < 4.78 is 10.2. The topological polar surface area (TPSA) is 48.4 Å². The zero-order chi connectivity index (χ0) is 12.0. The number of nitrogens with zero attached hydrogens (tertiary/aromatic N) is 1. The Labute approximate surface area is 99.5 Å². The van der Waals surface area contributed by atoms with Crippen molar-refractivity contribution in [1.82, 2.24) is 4.98 Å². The van der Waals surface area contributed by atoms with Crippen LogP contribution < -0.4 is 0 Å². The Morgan fingerprint density at radius 3 is 2.81 bits per heavy atom. The Morgan fingerprint density at radius 1 is 1.44 bits per heavy atom. The smallest absolute Gasteiger partial charge is 0.357 e. The summed E-state index contributed by atoms with van der Waals surface area (Å²) in [5, 5.41) is 0.271. The van der Waals surface area contributed by atoms with Gasteiger partial charge in [-0.1, -0.05) is 17.7 Å². The number of hydrogen-bond acceptors (Lipinski definition) is 4. The summed E-state index contributed by atoms with van der Waals surface area (Å²) in [5.41, 5.74) is 0.206. The summed E-state index contributed by atoms with van der Waals surface area (Å²) in [7, 11) is 0. The molecule has 0 bridgehead atoms. The van der Waals surface area contributed by atoms with Gasteiger partial charge in [-0.05, 0) is 26.0 Å². The maximum atomic E-state index is 11.4. The summed E-state index contributed by atoms with van der Waals surface area (Å²) in [5.74, 6) is -0.491. The van der Waals surface area contributed by atoms with Crippen LogP contribution in [0.15, 0.2) is 18.2 Å². The van der Waals surface area contributed by atoms with Crippen LogP contribution in [0.2, 0.25) is 5.15 Å². The first-order chi connectivity index (χ1) is 7.59. The van der Waals surface area contributed by atoms with Crippen LogP contribution in [0.4, 0.5) is 0 Å². The Morgan fingerprint density at radius 2 is 2.19 bits per heavy atom. The maximum absolute atomic E-state index is 11.4. The van der Waals surface area contributed by atoms with Crippen LogP contribution >= 0.6 is 11.6 Å². The third-order valence-corrected chi connectivity index (χ3v) is 1.90. The second-order valence-electron chi connectivity index (χ2n) is 3.40. The molecule has 0 spiro atoms. The maximum Gasteiger partial charge on any atom is 0.357 e. The van der Waals surface area contributed by atoms with Gasteiger partial charge in [-0.2, -0.15) is 0 Å². The van der Waals surface area contributed by atoms with Crippen molar-refractivity contribution in [3.63, 3.8) is 0 Å². The van der Waals surface area contributed by atoms with E-state index in [0.29, 0.717) is 6.61 Å². The summed E-state index contributed by atoms with van der Waals surface area (Å²) in [6, 6.07) is 4.80. The first-order valence-electron chi connectivity index (χ1n) is 5.01. The normalized spacial score (nSPS) is 10.5. The molecule has 0 atom stereocenters. The van der Waals surface area contributed by atoms with E-state index in [1.807, 2.05) is 13.8 Å². The molecule has 1 aromatic rings. The van der Waals surface area contributed by atoms with Gasteiger partial charge in [0.15, 0.2) is 0 Å². The van der Waals surface area contributed by atoms with E-state index in [-0.39, 0.29) is 23.6 Å². The van der Waals surface area contributed by atoms with Crippen molar-refractivity contribution in [3.05, 3.63) is 29.0 Å². The summed E-state index contributed by atoms with van der Waals surface area (Å²) >= 11 is 5.65. The molecule has 0 unspecified atom stereocenters. The molecule has 0 aliphatic rings. The van der Waals surface area contributed by atoms with Crippen LogP contribution in [0.5, 0.6) is 0 Å². The molecule has 0 fully saturated rings. The van der Waals surface area contributed by atoms with Crippen molar-refractivity contribution in [2.75, 3.05) is 13.2 Å². The van der Waals surface area contributed by atoms with Crippen molar-refractivity contribution in [3.8, 4) is 0 Å². The average Bonchev–Trinajstić information content (AvgIpc) is 2.24. The minimum absolute atomic E-state index is 0.128. The van der Waals surface area contributed by atoms with Crippen molar-refractivity contribution in [2.45, 2.75) is 20.0 Å². The number of rotatable bonds is 5. The lowest BCUT2D eigenvalue weighted by Gasteiger charge is -2.07. The van der Waals surface area contributed by atoms with Gasteiger partial charge in [0.05, 0.1) is 12.7 Å². The molecule has 0 saturated heterocycles. The molecule has 0 aliphatic carbocycles. The van der Waals surface area contributed by atoms with Gasteiger partial charge in [0, 0.05) is 0 Å². The van der Waals surface area contributed by atoms with Crippen LogP contribution in [0, 0.1) is 0 Å². The number of pyridine rings is 1. The van der Waals surface area contributed by atoms with Crippen LogP contribution in [0.3, 0.4) is 0 Å². The molecule has 0 aliphatic heterocycles. The zero-order valence-corrected chi connectivity index (χ0v) is 10.0. The predicted molar refractivity (Wildman–Crippen MR) is 60.6 cm³/mol. The molecule has 88 valence electrons. The fourth-order valence-electron chi connectivity index (χ4n) is 1.01. The van der Waals surface area contributed by atoms with Crippen molar-refractivity contribution < 1.29 is 14.3 Å². The molecule has 0 saturated carbocycles. The zero-order valence-electron chi connectivity index (χ0n) is 9.27. The monoisotopic (exact) mass is 243 g/mol. The standard InChI is InChI=1S/C11H14ClNO3/c1-8(2)15-6-7-16-11(14)9-4-3-5-10(12)13-9/h3-5,8H,6-7H2,1-2H3. The van der Waals surface area contributed by atoms with Crippen molar-refractivity contribution >= 4 is 17.6 Å². The van der Waals surface area contributed by atoms with Gasteiger partial charge in [0.25, 0.3) is 0 Å². The molecule has 16 heavy (non-hydrogen) atoms. The van der Waals surface area contributed by atoms with Crippen molar-refractivity contribution in [2.24, 2.45) is 0 Å². The first-order valence-corrected chi connectivity index (χ1v) is 5.38. The SMILES string of the molecule is CC(C)OCCOC(=O)c1cccc(Cl)n1. The molecule has 1 rings (SSSR count). The third kappa shape index (κ3) is 4.59. The molecular weight excluding hydrogens is 230 g/mol. The Balaban J connectivity index is 2.35. The first kappa shape index (κ1) is 12.9. The predicted octanol–water partition coefficient (Wildman–Crippen LogP) is 2.32. The average molecular weight is 244 g/mol. The molecule has 0 aromatic carbocycles. The summed E-state index contributed by atoms with van der Waals surface area (Å²) in [6.45, 7) is 4.43. The van der Waals surface area contributed by atoms with Gasteiger partial charge in [-0.15, -0.1) is 0 Å². The third-order valence-electron chi connectivity index (χ3n) is 1.69. The van der Waals surface area contributed by atoms with Gasteiger partial charge in [0.1, 0.15) is 17.5 Å². The van der Waals surface area contributed by atoms with Crippen molar-refractivity contribution in [1.29, 1.82) is 0 Å². The molecule has 5 heteroatoms. The molecule has 0 radical (unpaired) electrons. The number of ether oxygens (including phenoxy) is 2.